The van der Waals surface area contributed by atoms with Crippen molar-refractivity contribution < 1.29 is 24.2 Å². The van der Waals surface area contributed by atoms with Gasteiger partial charge in [-0.15, -0.1) is 0 Å². The minimum Gasteiger partial charge on any atom is -0.478 e. The van der Waals surface area contributed by atoms with E-state index in [4.69, 9.17) is 16.7 Å². The maximum atomic E-state index is 12.0. The zero-order chi connectivity index (χ0) is 16.0. The lowest BCUT2D eigenvalue weighted by Gasteiger charge is -2.20. The van der Waals surface area contributed by atoms with Crippen molar-refractivity contribution in [3.8, 4) is 0 Å². The Morgan fingerprint density at radius 3 is 2.52 bits per heavy atom. The van der Waals surface area contributed by atoms with Crippen LogP contribution in [0.15, 0.2) is 18.2 Å². The Balaban J connectivity index is 2.80. The third kappa shape index (κ3) is 4.64. The van der Waals surface area contributed by atoms with E-state index in [1.807, 2.05) is 0 Å². The predicted molar refractivity (Wildman–Crippen MR) is 76.7 cm³/mol. The minimum absolute atomic E-state index is 0.0105. The second-order valence-electron chi connectivity index (χ2n) is 4.02. The Kier molecular flexibility index (Phi) is 5.98. The molecule has 8 heteroatoms. The van der Waals surface area contributed by atoms with Crippen LogP contribution in [-0.2, 0) is 9.53 Å². The van der Waals surface area contributed by atoms with Crippen molar-refractivity contribution in [1.82, 2.24) is 4.90 Å². The van der Waals surface area contributed by atoms with Crippen LogP contribution < -0.4 is 5.32 Å². The molecule has 1 aromatic carbocycles. The number of likely N-dealkylation sites (N-methyl/N-ethyl adjacent to an activating group) is 1. The number of rotatable bonds is 5. The zero-order valence-electron chi connectivity index (χ0n) is 11.6. The first kappa shape index (κ1) is 16.8. The second-order valence-corrected chi connectivity index (χ2v) is 4.43. The van der Waals surface area contributed by atoms with Crippen molar-refractivity contribution in [2.75, 3.05) is 25.5 Å². The van der Waals surface area contributed by atoms with Crippen LogP contribution in [0, 0.1) is 0 Å². The highest BCUT2D eigenvalue weighted by atomic mass is 35.5. The first-order valence-electron chi connectivity index (χ1n) is 6.04. The number of hydrogen-bond acceptors (Lipinski definition) is 4. The predicted octanol–water partition coefficient (Wildman–Crippen LogP) is 2.07. The number of hydrogen-bond donors (Lipinski definition) is 2. The molecule has 7 nitrogen and oxygen atoms in total. The Bertz CT molecular complexity index is 561. The number of halogens is 1. The van der Waals surface area contributed by atoms with Gasteiger partial charge in [-0.3, -0.25) is 4.79 Å². The van der Waals surface area contributed by atoms with Gasteiger partial charge in [-0.2, -0.15) is 0 Å². The van der Waals surface area contributed by atoms with Crippen LogP contribution in [0.5, 0.6) is 0 Å². The summed E-state index contributed by atoms with van der Waals surface area (Å²) in [7, 11) is 1.23. The lowest BCUT2D eigenvalue weighted by Crippen LogP contribution is -2.39. The average molecular weight is 315 g/mol. The standard InChI is InChI=1S/C13H15ClN2O5/c1-3-16(7-11(17)21-2)13(20)15-8-4-5-9(12(18)19)10(14)6-8/h4-6H,3,7H2,1-2H3,(H,15,20)(H,18,19). The van der Waals surface area contributed by atoms with Crippen molar-refractivity contribution >= 4 is 35.3 Å². The van der Waals surface area contributed by atoms with Crippen LogP contribution in [0.1, 0.15) is 17.3 Å². The van der Waals surface area contributed by atoms with E-state index in [9.17, 15) is 14.4 Å². The fraction of sp³-hybridized carbons (Fsp3) is 0.308. The zero-order valence-corrected chi connectivity index (χ0v) is 12.3. The molecule has 1 rings (SSSR count). The van der Waals surface area contributed by atoms with Crippen molar-refractivity contribution in [2.24, 2.45) is 0 Å². The van der Waals surface area contributed by atoms with Crippen LogP contribution in [0.25, 0.3) is 0 Å². The summed E-state index contributed by atoms with van der Waals surface area (Å²) in [6, 6.07) is 3.52. The molecule has 0 saturated carbocycles. The molecule has 1 aromatic rings. The highest BCUT2D eigenvalue weighted by Gasteiger charge is 2.17. The molecule has 0 spiro atoms. The molecule has 0 aliphatic rings. The van der Waals surface area contributed by atoms with E-state index >= 15 is 0 Å². The molecule has 0 fully saturated rings. The third-order valence-corrected chi connectivity index (χ3v) is 2.98. The van der Waals surface area contributed by atoms with E-state index in [2.05, 4.69) is 10.1 Å². The number of anilines is 1. The number of nitrogens with one attached hydrogen (secondary N) is 1. The van der Waals surface area contributed by atoms with Crippen molar-refractivity contribution in [2.45, 2.75) is 6.92 Å². The number of esters is 1. The molecular weight excluding hydrogens is 300 g/mol. The number of carbonyl (C=O) groups excluding carboxylic acids is 2. The Morgan fingerprint density at radius 2 is 2.05 bits per heavy atom. The molecule has 0 aliphatic carbocycles. The van der Waals surface area contributed by atoms with Gasteiger partial charge in [0.05, 0.1) is 17.7 Å². The quantitative estimate of drug-likeness (QED) is 0.811. The van der Waals surface area contributed by atoms with Gasteiger partial charge in [-0.25, -0.2) is 9.59 Å². The van der Waals surface area contributed by atoms with Crippen LogP contribution in [0.3, 0.4) is 0 Å². The number of urea groups is 1. The molecule has 21 heavy (non-hydrogen) atoms. The molecule has 0 aliphatic heterocycles. The average Bonchev–Trinajstić information content (AvgIpc) is 2.43. The number of carbonyl (C=O) groups is 3. The largest absolute Gasteiger partial charge is 0.478 e. The molecule has 0 aromatic heterocycles. The number of carboxylic acid groups (broad SMARTS) is 1. The van der Waals surface area contributed by atoms with E-state index < -0.39 is 18.0 Å². The van der Waals surface area contributed by atoms with Crippen molar-refractivity contribution in [3.05, 3.63) is 28.8 Å². The van der Waals surface area contributed by atoms with Gasteiger partial charge in [-0.05, 0) is 25.1 Å². The third-order valence-electron chi connectivity index (χ3n) is 2.67. The summed E-state index contributed by atoms with van der Waals surface area (Å²) < 4.78 is 4.50. The van der Waals surface area contributed by atoms with E-state index in [0.29, 0.717) is 12.2 Å². The lowest BCUT2D eigenvalue weighted by atomic mass is 10.2. The highest BCUT2D eigenvalue weighted by Crippen LogP contribution is 2.21. The van der Waals surface area contributed by atoms with E-state index in [-0.39, 0.29) is 17.1 Å². The molecule has 2 N–H and O–H groups in total. The van der Waals surface area contributed by atoms with Gasteiger partial charge in [0.1, 0.15) is 6.54 Å². The summed E-state index contributed by atoms with van der Waals surface area (Å²) in [5.74, 6) is -1.69. The van der Waals surface area contributed by atoms with E-state index in [0.717, 1.165) is 0 Å². The minimum atomic E-state index is -1.15. The molecule has 114 valence electrons. The number of carboxylic acids is 1. The smallest absolute Gasteiger partial charge is 0.337 e. The summed E-state index contributed by atoms with van der Waals surface area (Å²) in [4.78, 5) is 35.2. The summed E-state index contributed by atoms with van der Waals surface area (Å²) in [5, 5.41) is 11.4. The number of methoxy groups -OCH3 is 1. The second kappa shape index (κ2) is 7.49. The fourth-order valence-corrected chi connectivity index (χ4v) is 1.78. The molecule has 0 bridgehead atoms. The van der Waals surface area contributed by atoms with Crippen LogP contribution >= 0.6 is 11.6 Å². The van der Waals surface area contributed by atoms with E-state index in [1.165, 1.54) is 30.2 Å². The molecular formula is C13H15ClN2O5. The fourth-order valence-electron chi connectivity index (χ4n) is 1.52. The monoisotopic (exact) mass is 314 g/mol. The molecule has 0 saturated heterocycles. The number of aromatic carboxylic acids is 1. The Morgan fingerprint density at radius 1 is 1.38 bits per heavy atom. The first-order valence-corrected chi connectivity index (χ1v) is 6.42. The van der Waals surface area contributed by atoms with Crippen LogP contribution in [-0.4, -0.2) is 48.2 Å². The molecule has 0 atom stereocenters. The van der Waals surface area contributed by atoms with Crippen molar-refractivity contribution in [3.63, 3.8) is 0 Å². The molecule has 0 heterocycles. The molecule has 0 radical (unpaired) electrons. The Hall–Kier alpha value is -2.28. The van der Waals surface area contributed by atoms with Crippen LogP contribution in [0.2, 0.25) is 5.02 Å². The van der Waals surface area contributed by atoms with Gasteiger partial charge in [0.25, 0.3) is 0 Å². The highest BCUT2D eigenvalue weighted by molar-refractivity contribution is 6.33. The van der Waals surface area contributed by atoms with Gasteiger partial charge in [0.15, 0.2) is 0 Å². The first-order chi connectivity index (χ1) is 9.88. The number of benzene rings is 1. The number of ether oxygens (including phenoxy) is 1. The topological polar surface area (TPSA) is 95.9 Å². The van der Waals surface area contributed by atoms with Crippen molar-refractivity contribution in [1.29, 1.82) is 0 Å². The Labute approximate surface area is 126 Å². The maximum absolute atomic E-state index is 12.0. The summed E-state index contributed by atoms with van der Waals surface area (Å²) in [6.45, 7) is 1.84. The maximum Gasteiger partial charge on any atom is 0.337 e. The molecule has 0 unspecified atom stereocenters. The summed E-state index contributed by atoms with van der Waals surface area (Å²) >= 11 is 5.81. The van der Waals surface area contributed by atoms with Gasteiger partial charge in [0, 0.05) is 12.2 Å². The van der Waals surface area contributed by atoms with Crippen LogP contribution in [0.4, 0.5) is 10.5 Å². The van der Waals surface area contributed by atoms with Gasteiger partial charge >= 0.3 is 18.0 Å². The van der Waals surface area contributed by atoms with Gasteiger partial charge in [-0.1, -0.05) is 11.6 Å². The SMILES string of the molecule is CCN(CC(=O)OC)C(=O)Nc1ccc(C(=O)O)c(Cl)c1. The number of nitrogens with zero attached hydrogens (tertiary/aromatic N) is 1. The summed E-state index contributed by atoms with van der Waals surface area (Å²) in [6.07, 6.45) is 0. The van der Waals surface area contributed by atoms with Gasteiger partial charge in [0.2, 0.25) is 0 Å². The van der Waals surface area contributed by atoms with Gasteiger partial charge < -0.3 is 20.1 Å². The molecule has 2 amide bonds. The lowest BCUT2D eigenvalue weighted by molar-refractivity contribution is -0.141. The number of amides is 2. The normalized spacial score (nSPS) is 9.86. The van der Waals surface area contributed by atoms with E-state index in [1.54, 1.807) is 6.92 Å². The summed E-state index contributed by atoms with van der Waals surface area (Å²) in [5.41, 5.74) is 0.273.